The number of nitrogens with zero attached hydrogens (tertiary/aromatic N) is 4. The van der Waals surface area contributed by atoms with E-state index >= 15 is 0 Å². The molecule has 0 unspecified atom stereocenters. The molecular weight excluding hydrogens is 529 g/mol. The number of para-hydroxylation sites is 1. The molecule has 4 N–H and O–H groups in total. The number of carbonyl (C=O) groups excluding carboxylic acids is 1. The monoisotopic (exact) mass is 563 g/mol. The third-order valence-corrected chi connectivity index (χ3v) is 8.36. The number of benzene rings is 1. The molecule has 206 valence electrons. The van der Waals surface area contributed by atoms with Crippen LogP contribution in [-0.4, -0.2) is 57.4 Å². The SMILES string of the molecule is CNc1nc(N)nc2c1ncn2[C@@H]1O[C@H](CO[P@@](=S)(N[C@H](C)C(=O)OC(C)C)Oc2ccccc2)C[C@@H]1C. The van der Waals surface area contributed by atoms with Gasteiger partial charge in [0.05, 0.1) is 25.1 Å². The molecule has 2 aromatic heterocycles. The maximum absolute atomic E-state index is 12.5. The van der Waals surface area contributed by atoms with E-state index in [1.54, 1.807) is 46.3 Å². The lowest BCUT2D eigenvalue weighted by molar-refractivity contribution is -0.149. The molecule has 3 heterocycles. The van der Waals surface area contributed by atoms with E-state index in [1.807, 2.05) is 22.8 Å². The van der Waals surface area contributed by atoms with Gasteiger partial charge in [-0.15, -0.1) is 0 Å². The zero-order valence-electron chi connectivity index (χ0n) is 22.0. The van der Waals surface area contributed by atoms with Crippen LogP contribution in [0.3, 0.4) is 0 Å². The number of imidazole rings is 1. The molecule has 14 heteroatoms. The highest BCUT2D eigenvalue weighted by atomic mass is 32.5. The number of hydrogen-bond donors (Lipinski definition) is 3. The third kappa shape index (κ3) is 6.59. The number of nitrogen functional groups attached to an aromatic ring is 1. The van der Waals surface area contributed by atoms with Crippen molar-refractivity contribution in [3.8, 4) is 5.75 Å². The van der Waals surface area contributed by atoms with E-state index < -0.39 is 18.7 Å². The lowest BCUT2D eigenvalue weighted by atomic mass is 10.1. The van der Waals surface area contributed by atoms with E-state index in [1.165, 1.54) is 0 Å². The number of fused-ring (bicyclic) bond motifs is 1. The Morgan fingerprint density at radius 2 is 2.03 bits per heavy atom. The highest BCUT2D eigenvalue weighted by Gasteiger charge is 2.37. The Morgan fingerprint density at radius 3 is 2.71 bits per heavy atom. The Morgan fingerprint density at radius 1 is 1.29 bits per heavy atom. The van der Waals surface area contributed by atoms with Gasteiger partial charge in [-0.05, 0) is 51.1 Å². The fourth-order valence-corrected chi connectivity index (χ4v) is 6.61. The van der Waals surface area contributed by atoms with Gasteiger partial charge < -0.3 is 29.6 Å². The topological polar surface area (TPSA) is 148 Å². The molecule has 5 atom stereocenters. The third-order valence-electron chi connectivity index (χ3n) is 5.86. The number of hydrogen-bond acceptors (Lipinski definition) is 11. The summed E-state index contributed by atoms with van der Waals surface area (Å²) in [4.78, 5) is 25.5. The maximum Gasteiger partial charge on any atom is 0.323 e. The van der Waals surface area contributed by atoms with E-state index in [0.717, 1.165) is 0 Å². The average molecular weight is 564 g/mol. The second-order valence-electron chi connectivity index (χ2n) is 9.40. The van der Waals surface area contributed by atoms with Gasteiger partial charge in [0.1, 0.15) is 18.0 Å². The minimum atomic E-state index is -3.17. The molecule has 3 aromatic rings. The van der Waals surface area contributed by atoms with Crippen molar-refractivity contribution < 1.29 is 23.3 Å². The zero-order valence-corrected chi connectivity index (χ0v) is 23.7. The van der Waals surface area contributed by atoms with Crippen molar-refractivity contribution in [2.45, 2.75) is 58.6 Å². The highest BCUT2D eigenvalue weighted by Crippen LogP contribution is 2.47. The first-order valence-electron chi connectivity index (χ1n) is 12.4. The van der Waals surface area contributed by atoms with Gasteiger partial charge in [-0.3, -0.25) is 9.36 Å². The predicted octanol–water partition coefficient (Wildman–Crippen LogP) is 3.62. The summed E-state index contributed by atoms with van der Waals surface area (Å²) in [5, 5.41) is 6.06. The largest absolute Gasteiger partial charge is 0.462 e. The predicted molar refractivity (Wildman–Crippen MR) is 148 cm³/mol. The second-order valence-corrected chi connectivity index (χ2v) is 12.5. The van der Waals surface area contributed by atoms with Crippen LogP contribution < -0.4 is 20.7 Å². The summed E-state index contributed by atoms with van der Waals surface area (Å²) >= 11 is 5.81. The number of rotatable bonds is 11. The fourth-order valence-electron chi connectivity index (χ4n) is 4.17. The van der Waals surface area contributed by atoms with Gasteiger partial charge in [-0.2, -0.15) is 9.97 Å². The molecule has 38 heavy (non-hydrogen) atoms. The van der Waals surface area contributed by atoms with Crippen molar-refractivity contribution in [3.05, 3.63) is 36.7 Å². The number of ether oxygens (including phenoxy) is 2. The summed E-state index contributed by atoms with van der Waals surface area (Å²) in [6.45, 7) is 4.33. The molecule has 1 aliphatic heterocycles. The van der Waals surface area contributed by atoms with Gasteiger partial charge >= 0.3 is 12.6 Å². The Kier molecular flexibility index (Phi) is 8.84. The van der Waals surface area contributed by atoms with Crippen LogP contribution in [-0.2, 0) is 30.6 Å². The first-order chi connectivity index (χ1) is 18.1. The summed E-state index contributed by atoms with van der Waals surface area (Å²) in [6.07, 6.45) is 1.51. The number of esters is 1. The normalized spacial score (nSPS) is 21.8. The standard InChI is InChI=1S/C24H34N7O5PS/c1-14(2)34-23(32)16(4)30-37(38,36-17-9-7-6-8-10-17)33-12-18-11-15(3)22(35-18)31-13-27-19-20(26-5)28-24(25)29-21(19)31/h6-10,13-16,18,22H,11-12H2,1-5H3,(H,30,38)(H3,25,26,28,29)/t15-,16+,18-,22+,37-/m0/s1. The van der Waals surface area contributed by atoms with Gasteiger partial charge in [0.25, 0.3) is 0 Å². The number of nitrogens with two attached hydrogens (primary N) is 1. The van der Waals surface area contributed by atoms with E-state index in [4.69, 9.17) is 36.1 Å². The summed E-state index contributed by atoms with van der Waals surface area (Å²) in [5.41, 5.74) is 7.10. The molecule has 0 spiro atoms. The van der Waals surface area contributed by atoms with Crippen LogP contribution in [0, 0.1) is 5.92 Å². The van der Waals surface area contributed by atoms with Crippen LogP contribution in [0.4, 0.5) is 11.8 Å². The fraction of sp³-hybridized carbons (Fsp3) is 0.500. The molecule has 1 fully saturated rings. The van der Waals surface area contributed by atoms with Crippen LogP contribution in [0.25, 0.3) is 11.2 Å². The van der Waals surface area contributed by atoms with Gasteiger partial charge in [0, 0.05) is 13.0 Å². The minimum absolute atomic E-state index is 0.121. The molecule has 0 saturated carbocycles. The highest BCUT2D eigenvalue weighted by molar-refractivity contribution is 8.09. The van der Waals surface area contributed by atoms with Crippen LogP contribution >= 0.6 is 6.64 Å². The van der Waals surface area contributed by atoms with Crippen LogP contribution in [0.5, 0.6) is 5.75 Å². The van der Waals surface area contributed by atoms with E-state index in [2.05, 4.69) is 32.3 Å². The van der Waals surface area contributed by atoms with E-state index in [0.29, 0.717) is 29.2 Å². The van der Waals surface area contributed by atoms with Crippen molar-refractivity contribution in [1.29, 1.82) is 0 Å². The quantitative estimate of drug-likeness (QED) is 0.231. The number of anilines is 2. The molecule has 4 rings (SSSR count). The van der Waals surface area contributed by atoms with Gasteiger partial charge in [-0.25, -0.2) is 10.1 Å². The first kappa shape index (κ1) is 28.2. The first-order valence-corrected chi connectivity index (χ1v) is 15.0. The summed E-state index contributed by atoms with van der Waals surface area (Å²) < 4.78 is 25.8. The molecule has 0 aliphatic carbocycles. The molecular formula is C24H34N7O5PS. The molecule has 1 aliphatic rings. The molecule has 12 nitrogen and oxygen atoms in total. The lowest BCUT2D eigenvalue weighted by Gasteiger charge is -2.27. The molecule has 0 amide bonds. The molecule has 1 aromatic carbocycles. The second kappa shape index (κ2) is 11.9. The van der Waals surface area contributed by atoms with Crippen LogP contribution in [0.15, 0.2) is 36.7 Å². The molecule has 0 radical (unpaired) electrons. The number of carbonyl (C=O) groups is 1. The summed E-state index contributed by atoms with van der Waals surface area (Å²) in [5.74, 6) is 0.912. The number of nitrogens with one attached hydrogen (secondary N) is 2. The van der Waals surface area contributed by atoms with Gasteiger partial charge in [-0.1, -0.05) is 25.1 Å². The van der Waals surface area contributed by atoms with E-state index in [9.17, 15) is 4.79 Å². The summed E-state index contributed by atoms with van der Waals surface area (Å²) in [6, 6.07) is 8.38. The van der Waals surface area contributed by atoms with Crippen molar-refractivity contribution >= 4 is 47.3 Å². The van der Waals surface area contributed by atoms with Crippen molar-refractivity contribution in [2.24, 2.45) is 5.92 Å². The van der Waals surface area contributed by atoms with Crippen molar-refractivity contribution in [3.63, 3.8) is 0 Å². The van der Waals surface area contributed by atoms with Gasteiger partial charge in [0.15, 0.2) is 17.0 Å². The van der Waals surface area contributed by atoms with Crippen molar-refractivity contribution in [2.75, 3.05) is 24.7 Å². The Labute approximate surface area is 226 Å². The molecule has 1 saturated heterocycles. The Bertz CT molecular complexity index is 1310. The minimum Gasteiger partial charge on any atom is -0.462 e. The zero-order chi connectivity index (χ0) is 27.4. The smallest absolute Gasteiger partial charge is 0.323 e. The molecule has 0 bridgehead atoms. The number of aromatic nitrogens is 4. The van der Waals surface area contributed by atoms with Crippen LogP contribution in [0.1, 0.15) is 40.3 Å². The maximum atomic E-state index is 12.5. The Hall–Kier alpha value is -2.83. The van der Waals surface area contributed by atoms with Gasteiger partial charge in [0.2, 0.25) is 5.95 Å². The summed E-state index contributed by atoms with van der Waals surface area (Å²) in [7, 11) is 1.75. The van der Waals surface area contributed by atoms with Crippen LogP contribution in [0.2, 0.25) is 0 Å². The lowest BCUT2D eigenvalue weighted by Crippen LogP contribution is -2.36. The van der Waals surface area contributed by atoms with E-state index in [-0.39, 0.29) is 36.9 Å². The Balaban J connectivity index is 1.48. The average Bonchev–Trinajstić information content (AvgIpc) is 3.45. The van der Waals surface area contributed by atoms with Crippen molar-refractivity contribution in [1.82, 2.24) is 24.6 Å².